The first-order valence-electron chi connectivity index (χ1n) is 6.82. The van der Waals surface area contributed by atoms with Crippen LogP contribution in [0.1, 0.15) is 32.4 Å². The van der Waals surface area contributed by atoms with Crippen molar-refractivity contribution in [3.63, 3.8) is 0 Å². The van der Waals surface area contributed by atoms with Crippen LogP contribution in [-0.4, -0.2) is 35.1 Å². The van der Waals surface area contributed by atoms with E-state index in [9.17, 15) is 9.59 Å². The molecule has 0 aromatic heterocycles. The average molecular weight is 357 g/mol. The third-order valence-electron chi connectivity index (χ3n) is 2.91. The third kappa shape index (κ3) is 6.16. The minimum absolute atomic E-state index is 0.186. The van der Waals surface area contributed by atoms with Crippen LogP contribution in [0.4, 0.5) is 4.79 Å². The fourth-order valence-electron chi connectivity index (χ4n) is 1.93. The predicted molar refractivity (Wildman–Crippen MR) is 85.1 cm³/mol. The lowest BCUT2D eigenvalue weighted by Gasteiger charge is -2.25. The number of rotatable bonds is 6. The monoisotopic (exact) mass is 356 g/mol. The molecule has 0 saturated carbocycles. The Morgan fingerprint density at radius 2 is 1.81 bits per heavy atom. The quantitative estimate of drug-likeness (QED) is 0.821. The van der Waals surface area contributed by atoms with Gasteiger partial charge < -0.3 is 15.3 Å². The minimum atomic E-state index is -1.01. The number of amides is 2. The molecule has 0 aliphatic heterocycles. The van der Waals surface area contributed by atoms with Gasteiger partial charge in [0.05, 0.1) is 6.04 Å². The molecular formula is C15H21BrN2O3. The second kappa shape index (κ2) is 8.02. The Balaban J connectivity index is 2.70. The molecule has 1 rings (SSSR count). The summed E-state index contributed by atoms with van der Waals surface area (Å²) in [6, 6.07) is 7.09. The molecule has 0 aliphatic carbocycles. The number of halogens is 1. The normalized spacial score (nSPS) is 12.0. The number of aliphatic carboxylic acids is 1. The van der Waals surface area contributed by atoms with Gasteiger partial charge in [-0.15, -0.1) is 0 Å². The maximum Gasteiger partial charge on any atom is 0.323 e. The van der Waals surface area contributed by atoms with Crippen LogP contribution in [0.15, 0.2) is 28.7 Å². The van der Waals surface area contributed by atoms with Gasteiger partial charge in [-0.25, -0.2) is 4.79 Å². The lowest BCUT2D eigenvalue weighted by Crippen LogP contribution is -2.45. The number of carboxylic acid groups (broad SMARTS) is 1. The fourth-order valence-corrected chi connectivity index (χ4v) is 2.20. The van der Waals surface area contributed by atoms with Gasteiger partial charge in [-0.05, 0) is 30.5 Å². The number of nitrogens with one attached hydrogen (secondary N) is 1. The predicted octanol–water partition coefficient (Wildman–Crippen LogP) is 3.26. The van der Waals surface area contributed by atoms with Crippen molar-refractivity contribution >= 4 is 27.9 Å². The molecule has 5 nitrogen and oxygen atoms in total. The Morgan fingerprint density at radius 3 is 2.29 bits per heavy atom. The number of hydrogen-bond donors (Lipinski definition) is 2. The molecule has 0 heterocycles. The maximum atomic E-state index is 12.2. The summed E-state index contributed by atoms with van der Waals surface area (Å²) in [6.45, 7) is 5.87. The summed E-state index contributed by atoms with van der Waals surface area (Å²) in [6.07, 6.45) is 0. The molecule has 2 N–H and O–H groups in total. The maximum absolute atomic E-state index is 12.2. The summed E-state index contributed by atoms with van der Waals surface area (Å²) in [4.78, 5) is 24.4. The average Bonchev–Trinajstić information content (AvgIpc) is 2.37. The highest BCUT2D eigenvalue weighted by atomic mass is 79.9. The number of carbonyl (C=O) groups is 2. The number of urea groups is 1. The van der Waals surface area contributed by atoms with Gasteiger partial charge in [0.2, 0.25) is 0 Å². The molecule has 1 aromatic carbocycles. The molecule has 6 heteroatoms. The van der Waals surface area contributed by atoms with Gasteiger partial charge in [0.1, 0.15) is 6.54 Å². The molecule has 0 saturated heterocycles. The second-order valence-corrected chi connectivity index (χ2v) is 6.31. The number of nitrogens with zero attached hydrogens (tertiary/aromatic N) is 1. The van der Waals surface area contributed by atoms with Crippen LogP contribution < -0.4 is 5.32 Å². The van der Waals surface area contributed by atoms with Crippen molar-refractivity contribution in [2.24, 2.45) is 5.92 Å². The highest BCUT2D eigenvalue weighted by Crippen LogP contribution is 2.16. The Kier molecular flexibility index (Phi) is 6.68. The first-order chi connectivity index (χ1) is 9.79. The van der Waals surface area contributed by atoms with E-state index < -0.39 is 5.97 Å². The van der Waals surface area contributed by atoms with E-state index in [0.29, 0.717) is 6.54 Å². The zero-order chi connectivity index (χ0) is 16.0. The third-order valence-corrected chi connectivity index (χ3v) is 3.44. The van der Waals surface area contributed by atoms with Crippen LogP contribution in [0, 0.1) is 5.92 Å². The van der Waals surface area contributed by atoms with Gasteiger partial charge in [0.15, 0.2) is 0 Å². The second-order valence-electron chi connectivity index (χ2n) is 5.39. The summed E-state index contributed by atoms with van der Waals surface area (Å²) < 4.78 is 0.970. The van der Waals surface area contributed by atoms with Crippen molar-refractivity contribution in [3.05, 3.63) is 34.3 Å². The van der Waals surface area contributed by atoms with Gasteiger partial charge in [-0.3, -0.25) is 4.79 Å². The van der Waals surface area contributed by atoms with Gasteiger partial charge in [-0.2, -0.15) is 0 Å². The molecule has 116 valence electrons. The molecule has 21 heavy (non-hydrogen) atoms. The molecule has 1 aromatic rings. The van der Waals surface area contributed by atoms with Crippen LogP contribution in [-0.2, 0) is 4.79 Å². The smallest absolute Gasteiger partial charge is 0.323 e. The van der Waals surface area contributed by atoms with Crippen molar-refractivity contribution in [1.29, 1.82) is 0 Å². The van der Waals surface area contributed by atoms with Gasteiger partial charge >= 0.3 is 12.0 Å². The lowest BCUT2D eigenvalue weighted by molar-refractivity contribution is -0.137. The summed E-state index contributed by atoms with van der Waals surface area (Å²) >= 11 is 3.36. The van der Waals surface area contributed by atoms with E-state index in [1.807, 2.05) is 45.0 Å². The van der Waals surface area contributed by atoms with Crippen LogP contribution in [0.3, 0.4) is 0 Å². The zero-order valence-electron chi connectivity index (χ0n) is 12.5. The van der Waals surface area contributed by atoms with E-state index in [0.717, 1.165) is 10.0 Å². The molecule has 1 unspecified atom stereocenters. The highest BCUT2D eigenvalue weighted by Gasteiger charge is 2.19. The minimum Gasteiger partial charge on any atom is -0.480 e. The lowest BCUT2D eigenvalue weighted by atomic mass is 10.1. The fraction of sp³-hybridized carbons (Fsp3) is 0.467. The molecule has 0 fully saturated rings. The first kappa shape index (κ1) is 17.5. The largest absolute Gasteiger partial charge is 0.480 e. The Labute approximate surface area is 133 Å². The Hall–Kier alpha value is -1.56. The first-order valence-corrected chi connectivity index (χ1v) is 7.61. The molecule has 0 bridgehead atoms. The number of hydrogen-bond acceptors (Lipinski definition) is 2. The highest BCUT2D eigenvalue weighted by molar-refractivity contribution is 9.10. The van der Waals surface area contributed by atoms with E-state index in [2.05, 4.69) is 21.2 Å². The molecule has 0 radical (unpaired) electrons. The van der Waals surface area contributed by atoms with Crippen molar-refractivity contribution in [2.75, 3.05) is 13.1 Å². The van der Waals surface area contributed by atoms with Gasteiger partial charge in [0.25, 0.3) is 0 Å². The SMILES string of the molecule is CC(C)CN(CC(=O)O)C(=O)NC(C)c1ccc(Br)cc1. The molecule has 0 aliphatic rings. The van der Waals surface area contributed by atoms with E-state index in [1.54, 1.807) is 0 Å². The number of carbonyl (C=O) groups excluding carboxylic acids is 1. The van der Waals surface area contributed by atoms with Crippen molar-refractivity contribution in [2.45, 2.75) is 26.8 Å². The van der Waals surface area contributed by atoms with Crippen molar-refractivity contribution in [1.82, 2.24) is 10.2 Å². The topological polar surface area (TPSA) is 69.6 Å². The van der Waals surface area contributed by atoms with Crippen LogP contribution in [0.2, 0.25) is 0 Å². The van der Waals surface area contributed by atoms with E-state index in [1.165, 1.54) is 4.90 Å². The summed E-state index contributed by atoms with van der Waals surface area (Å²) in [7, 11) is 0. The number of carboxylic acids is 1. The van der Waals surface area contributed by atoms with Crippen molar-refractivity contribution < 1.29 is 14.7 Å². The van der Waals surface area contributed by atoms with Crippen LogP contribution in [0.25, 0.3) is 0 Å². The number of benzene rings is 1. The molecule has 1 atom stereocenters. The van der Waals surface area contributed by atoms with Gasteiger partial charge in [0, 0.05) is 11.0 Å². The van der Waals surface area contributed by atoms with Gasteiger partial charge in [-0.1, -0.05) is 41.9 Å². The summed E-state index contributed by atoms with van der Waals surface area (Å²) in [5, 5.41) is 11.7. The van der Waals surface area contributed by atoms with E-state index >= 15 is 0 Å². The van der Waals surface area contributed by atoms with Crippen molar-refractivity contribution in [3.8, 4) is 0 Å². The molecule has 0 spiro atoms. The zero-order valence-corrected chi connectivity index (χ0v) is 14.1. The summed E-state index contributed by atoms with van der Waals surface area (Å²) in [5.74, 6) is -0.805. The van der Waals surface area contributed by atoms with Crippen LogP contribution >= 0.6 is 15.9 Å². The standard InChI is InChI=1S/C15H21BrN2O3/c1-10(2)8-18(9-14(19)20)15(21)17-11(3)12-4-6-13(16)7-5-12/h4-7,10-11H,8-9H2,1-3H3,(H,17,21)(H,19,20). The van der Waals surface area contributed by atoms with Crippen LogP contribution in [0.5, 0.6) is 0 Å². The molecular weight excluding hydrogens is 336 g/mol. The van der Waals surface area contributed by atoms with E-state index in [-0.39, 0.29) is 24.5 Å². The molecule has 2 amide bonds. The Morgan fingerprint density at radius 1 is 1.24 bits per heavy atom. The van der Waals surface area contributed by atoms with E-state index in [4.69, 9.17) is 5.11 Å². The Bertz CT molecular complexity index is 488. The summed E-state index contributed by atoms with van der Waals surface area (Å²) in [5.41, 5.74) is 0.964.